The Hall–Kier alpha value is -3.75. The van der Waals surface area contributed by atoms with Crippen molar-refractivity contribution in [2.75, 3.05) is 14.2 Å². The van der Waals surface area contributed by atoms with Crippen LogP contribution in [0, 0.1) is 0 Å². The molecule has 0 unspecified atom stereocenters. The molecule has 9 nitrogen and oxygen atoms in total. The van der Waals surface area contributed by atoms with E-state index >= 15 is 0 Å². The summed E-state index contributed by atoms with van der Waals surface area (Å²) < 4.78 is 9.01. The number of nitrogens with zero attached hydrogens (tertiary/aromatic N) is 3. The largest absolute Gasteiger partial charge is 0.453 e. The summed E-state index contributed by atoms with van der Waals surface area (Å²) in [7, 11) is 2.38. The minimum atomic E-state index is -0.802. The van der Waals surface area contributed by atoms with Crippen LogP contribution in [0.25, 0.3) is 0 Å². The maximum Gasteiger partial charge on any atom is 0.413 e. The summed E-state index contributed by atoms with van der Waals surface area (Å²) >= 11 is 0. The predicted octanol–water partition coefficient (Wildman–Crippen LogP) is 3.80. The second-order valence-electron chi connectivity index (χ2n) is 4.72. The van der Waals surface area contributed by atoms with Gasteiger partial charge in [0.15, 0.2) is 0 Å². The molecule has 0 fully saturated rings. The zero-order valence-electron chi connectivity index (χ0n) is 14.2. The summed E-state index contributed by atoms with van der Waals surface area (Å²) in [4.78, 5) is 27.0. The Balaban J connectivity index is 2.32. The molecule has 0 spiro atoms. The molecule has 2 aromatic carbocycles. The molecule has 0 atom stereocenters. The van der Waals surface area contributed by atoms with Crippen LogP contribution >= 0.6 is 0 Å². The highest BCUT2D eigenvalue weighted by Crippen LogP contribution is 2.29. The van der Waals surface area contributed by atoms with Crippen LogP contribution in [0.3, 0.4) is 0 Å². The molecule has 0 aliphatic carbocycles. The number of carbonyl (C=O) groups excluding carboxylic acids is 2. The Morgan fingerprint density at radius 1 is 0.769 bits per heavy atom. The molecule has 2 N–H and O–H groups in total. The van der Waals surface area contributed by atoms with E-state index in [2.05, 4.69) is 35.3 Å². The molecule has 2 aromatic rings. The SMILES string of the molecule is COC(=O)NC(=Nc1ccccc1N=Nc1ccccc1)NC(=O)OC. The van der Waals surface area contributed by atoms with Crippen molar-refractivity contribution in [2.45, 2.75) is 0 Å². The number of methoxy groups -OCH3 is 2. The number of hydrogen-bond donors (Lipinski definition) is 2. The number of amides is 2. The lowest BCUT2D eigenvalue weighted by Gasteiger charge is -2.09. The second kappa shape index (κ2) is 9.52. The first-order valence-electron chi connectivity index (χ1n) is 7.47. The average molecular weight is 355 g/mol. The summed E-state index contributed by atoms with van der Waals surface area (Å²) in [5, 5.41) is 12.9. The number of ether oxygens (including phenoxy) is 2. The van der Waals surface area contributed by atoms with Crippen LogP contribution in [0.4, 0.5) is 26.7 Å². The summed E-state index contributed by atoms with van der Waals surface area (Å²) in [6.07, 6.45) is -1.60. The minimum absolute atomic E-state index is 0.175. The van der Waals surface area contributed by atoms with Crippen molar-refractivity contribution in [3.63, 3.8) is 0 Å². The number of carbonyl (C=O) groups is 2. The molecular weight excluding hydrogens is 338 g/mol. The van der Waals surface area contributed by atoms with E-state index in [0.717, 1.165) is 0 Å². The van der Waals surface area contributed by atoms with Gasteiger partial charge in [0.25, 0.3) is 0 Å². The van der Waals surface area contributed by atoms with Gasteiger partial charge in [0, 0.05) is 0 Å². The fourth-order valence-electron chi connectivity index (χ4n) is 1.75. The molecule has 0 aliphatic rings. The third kappa shape index (κ3) is 5.71. The molecule has 0 bridgehead atoms. The van der Waals surface area contributed by atoms with Gasteiger partial charge in [-0.05, 0) is 24.3 Å². The van der Waals surface area contributed by atoms with Crippen molar-refractivity contribution in [1.82, 2.24) is 10.6 Å². The highest BCUT2D eigenvalue weighted by Gasteiger charge is 2.11. The van der Waals surface area contributed by atoms with Gasteiger partial charge in [-0.25, -0.2) is 14.6 Å². The van der Waals surface area contributed by atoms with E-state index in [-0.39, 0.29) is 5.96 Å². The molecule has 0 heterocycles. The number of hydrogen-bond acceptors (Lipinski definition) is 7. The standard InChI is InChI=1S/C17H17N5O4/c1-25-16(23)19-15(20-17(24)26-2)18-13-10-6-7-11-14(13)22-21-12-8-4-3-5-9-12/h3-11H,1-2H3,(H2,18,19,20,23,24). The Morgan fingerprint density at radius 2 is 1.31 bits per heavy atom. The maximum atomic E-state index is 11.4. The summed E-state index contributed by atoms with van der Waals surface area (Å²) in [5.41, 5.74) is 1.48. The zero-order chi connectivity index (χ0) is 18.8. The van der Waals surface area contributed by atoms with Gasteiger partial charge in [-0.2, -0.15) is 5.11 Å². The minimum Gasteiger partial charge on any atom is -0.453 e. The molecule has 2 amide bonds. The predicted molar refractivity (Wildman–Crippen MR) is 95.2 cm³/mol. The lowest BCUT2D eigenvalue weighted by molar-refractivity contribution is 0.173. The average Bonchev–Trinajstić information content (AvgIpc) is 2.67. The van der Waals surface area contributed by atoms with Crippen molar-refractivity contribution in [2.24, 2.45) is 15.2 Å². The number of azo groups is 1. The summed E-state index contributed by atoms with van der Waals surface area (Å²) in [6, 6.07) is 16.0. The highest BCUT2D eigenvalue weighted by atomic mass is 16.5. The molecule has 26 heavy (non-hydrogen) atoms. The van der Waals surface area contributed by atoms with Crippen LogP contribution in [0.15, 0.2) is 69.8 Å². The Labute approximate surface area is 149 Å². The lowest BCUT2D eigenvalue weighted by Crippen LogP contribution is -2.43. The van der Waals surface area contributed by atoms with Crippen molar-refractivity contribution in [1.29, 1.82) is 0 Å². The van der Waals surface area contributed by atoms with Crippen LogP contribution in [0.2, 0.25) is 0 Å². The van der Waals surface area contributed by atoms with Crippen LogP contribution in [0.1, 0.15) is 0 Å². The van der Waals surface area contributed by atoms with Gasteiger partial charge in [0.05, 0.1) is 25.6 Å². The lowest BCUT2D eigenvalue weighted by atomic mass is 10.3. The number of aliphatic imine (C=N–C) groups is 1. The number of benzene rings is 2. The fraction of sp³-hybridized carbons (Fsp3) is 0.118. The quantitative estimate of drug-likeness (QED) is 0.495. The molecule has 0 aliphatic heterocycles. The number of alkyl carbamates (subject to hydrolysis) is 2. The molecule has 9 heteroatoms. The van der Waals surface area contributed by atoms with E-state index in [9.17, 15) is 9.59 Å². The molecule has 2 rings (SSSR count). The smallest absolute Gasteiger partial charge is 0.413 e. The van der Waals surface area contributed by atoms with E-state index in [0.29, 0.717) is 17.1 Å². The van der Waals surface area contributed by atoms with Gasteiger partial charge in [-0.3, -0.25) is 10.6 Å². The van der Waals surface area contributed by atoms with Crippen LogP contribution in [-0.2, 0) is 9.47 Å². The first kappa shape index (κ1) is 18.6. The van der Waals surface area contributed by atoms with E-state index < -0.39 is 12.2 Å². The molecule has 0 radical (unpaired) electrons. The first-order valence-corrected chi connectivity index (χ1v) is 7.47. The first-order chi connectivity index (χ1) is 12.6. The monoisotopic (exact) mass is 355 g/mol. The van der Waals surface area contributed by atoms with Crippen molar-refractivity contribution in [3.8, 4) is 0 Å². The molecular formula is C17H17N5O4. The molecule has 0 aromatic heterocycles. The topological polar surface area (TPSA) is 114 Å². The summed E-state index contributed by atoms with van der Waals surface area (Å²) in [5.74, 6) is -0.175. The van der Waals surface area contributed by atoms with Crippen molar-refractivity contribution >= 4 is 35.2 Å². The molecule has 0 saturated carbocycles. The van der Waals surface area contributed by atoms with Gasteiger partial charge in [-0.1, -0.05) is 30.3 Å². The number of nitrogens with one attached hydrogen (secondary N) is 2. The van der Waals surface area contributed by atoms with E-state index in [4.69, 9.17) is 0 Å². The highest BCUT2D eigenvalue weighted by molar-refractivity contribution is 6.02. The molecule has 0 saturated heterocycles. The van der Waals surface area contributed by atoms with Gasteiger partial charge in [-0.15, -0.1) is 5.11 Å². The van der Waals surface area contributed by atoms with Crippen molar-refractivity contribution in [3.05, 3.63) is 54.6 Å². The Bertz CT molecular complexity index is 801. The van der Waals surface area contributed by atoms with Gasteiger partial charge in [0.1, 0.15) is 5.69 Å². The third-order valence-corrected chi connectivity index (χ3v) is 2.96. The van der Waals surface area contributed by atoms with Gasteiger partial charge >= 0.3 is 12.2 Å². The van der Waals surface area contributed by atoms with Gasteiger partial charge < -0.3 is 9.47 Å². The Morgan fingerprint density at radius 3 is 1.88 bits per heavy atom. The summed E-state index contributed by atoms with van der Waals surface area (Å²) in [6.45, 7) is 0. The maximum absolute atomic E-state index is 11.4. The number of rotatable bonds is 3. The van der Waals surface area contributed by atoms with E-state index in [1.807, 2.05) is 18.2 Å². The van der Waals surface area contributed by atoms with Gasteiger partial charge in [0.2, 0.25) is 5.96 Å². The normalized spacial score (nSPS) is 10.1. The fourth-order valence-corrected chi connectivity index (χ4v) is 1.75. The number of guanidine groups is 1. The van der Waals surface area contributed by atoms with E-state index in [1.54, 1.807) is 36.4 Å². The van der Waals surface area contributed by atoms with Crippen LogP contribution in [-0.4, -0.2) is 32.4 Å². The van der Waals surface area contributed by atoms with Crippen LogP contribution < -0.4 is 10.6 Å². The third-order valence-electron chi connectivity index (χ3n) is 2.96. The second-order valence-corrected chi connectivity index (χ2v) is 4.72. The number of para-hydroxylation sites is 1. The molecule has 134 valence electrons. The Kier molecular flexibility index (Phi) is 6.81. The van der Waals surface area contributed by atoms with Crippen LogP contribution in [0.5, 0.6) is 0 Å². The van der Waals surface area contributed by atoms with Crippen molar-refractivity contribution < 1.29 is 19.1 Å². The van der Waals surface area contributed by atoms with E-state index in [1.165, 1.54) is 14.2 Å². The zero-order valence-corrected chi connectivity index (χ0v) is 14.2.